The van der Waals surface area contributed by atoms with E-state index in [4.69, 9.17) is 11.6 Å². The first-order valence-corrected chi connectivity index (χ1v) is 12.6. The van der Waals surface area contributed by atoms with Gasteiger partial charge in [-0.05, 0) is 86.8 Å². The molecule has 1 N–H and O–H groups in total. The lowest BCUT2D eigenvalue weighted by Crippen LogP contribution is -2.44. The van der Waals surface area contributed by atoms with Crippen LogP contribution in [0.3, 0.4) is 0 Å². The van der Waals surface area contributed by atoms with Gasteiger partial charge in [0.25, 0.3) is 0 Å². The third-order valence-corrected chi connectivity index (χ3v) is 7.46. The van der Waals surface area contributed by atoms with E-state index in [1.165, 1.54) is 37.7 Å². The molecule has 0 spiro atoms. The third-order valence-electron chi connectivity index (χ3n) is 7.04. The number of nitrogens with zero attached hydrogens (tertiary/aromatic N) is 1. The molecular weight excluding hydrogens is 449 g/mol. The van der Waals surface area contributed by atoms with Gasteiger partial charge in [-0.1, -0.05) is 63.8 Å². The highest BCUT2D eigenvalue weighted by Gasteiger charge is 2.28. The van der Waals surface area contributed by atoms with Crippen LogP contribution >= 0.6 is 24.0 Å². The Morgan fingerprint density at radius 1 is 0.970 bits per heavy atom. The molecule has 4 heteroatoms. The second kappa shape index (κ2) is 11.0. The predicted octanol–water partition coefficient (Wildman–Crippen LogP) is 8.92. The molecule has 1 saturated carbocycles. The van der Waals surface area contributed by atoms with E-state index in [1.807, 2.05) is 19.1 Å². The molecule has 0 heterocycles. The maximum absolute atomic E-state index is 11.5. The molecule has 2 nitrogen and oxygen atoms in total. The maximum Gasteiger partial charge on any atom is 0.127 e. The molecule has 0 bridgehead atoms. The molecule has 184 valence electrons. The van der Waals surface area contributed by atoms with Crippen LogP contribution in [0.2, 0.25) is 5.02 Å². The summed E-state index contributed by atoms with van der Waals surface area (Å²) in [6.07, 6.45) is 6.75. The fraction of sp³-hybridized carbons (Fsp3) is 0.586. The van der Waals surface area contributed by atoms with Crippen LogP contribution in [-0.2, 0) is 12.0 Å². The van der Waals surface area contributed by atoms with Gasteiger partial charge in [-0.2, -0.15) is 0 Å². The number of hydrogen-bond acceptors (Lipinski definition) is 2. The van der Waals surface area contributed by atoms with E-state index < -0.39 is 0 Å². The van der Waals surface area contributed by atoms with Gasteiger partial charge in [0.2, 0.25) is 0 Å². The zero-order chi connectivity index (χ0) is 23.7. The van der Waals surface area contributed by atoms with Crippen molar-refractivity contribution < 1.29 is 5.11 Å². The Labute approximate surface area is 213 Å². The average Bonchev–Trinajstić information content (AvgIpc) is 2.70. The van der Waals surface area contributed by atoms with Crippen LogP contribution in [0.25, 0.3) is 11.1 Å². The highest BCUT2D eigenvalue weighted by atomic mass is 35.5. The molecule has 0 unspecified atom stereocenters. The summed E-state index contributed by atoms with van der Waals surface area (Å²) in [6, 6.07) is 10.4. The number of phenols is 1. The van der Waals surface area contributed by atoms with Gasteiger partial charge in [0.1, 0.15) is 5.75 Å². The zero-order valence-electron chi connectivity index (χ0n) is 21.6. The predicted molar refractivity (Wildman–Crippen MR) is 146 cm³/mol. The molecule has 0 amide bonds. The summed E-state index contributed by atoms with van der Waals surface area (Å²) >= 11 is 6.29. The number of rotatable bonds is 5. The minimum Gasteiger partial charge on any atom is -0.507 e. The van der Waals surface area contributed by atoms with Gasteiger partial charge in [-0.25, -0.2) is 0 Å². The van der Waals surface area contributed by atoms with Crippen molar-refractivity contribution in [2.45, 2.75) is 98.1 Å². The quantitative estimate of drug-likeness (QED) is 0.450. The van der Waals surface area contributed by atoms with Crippen molar-refractivity contribution >= 4 is 24.0 Å². The van der Waals surface area contributed by atoms with Gasteiger partial charge < -0.3 is 5.11 Å². The van der Waals surface area contributed by atoms with Crippen LogP contribution in [0.1, 0.15) is 90.3 Å². The molecule has 0 atom stereocenters. The standard InChI is InChI=1S/C29H42ClNO.ClH/c1-20-15-22(13-14-26(20)30)25-17-24(28(2,3)4)16-23(27(25)32)19-31(29(5,6)7)18-21-11-9-8-10-12-21;/h13-17,21,32H,8-12,18-19H2,1-7H3;1H. The van der Waals surface area contributed by atoms with E-state index >= 15 is 0 Å². The number of aryl methyl sites for hydroxylation is 1. The Kier molecular flexibility index (Phi) is 9.35. The zero-order valence-corrected chi connectivity index (χ0v) is 23.2. The molecular formula is C29H43Cl2NO. The number of hydrogen-bond donors (Lipinski definition) is 1. The lowest BCUT2D eigenvalue weighted by molar-refractivity contribution is 0.0927. The molecule has 33 heavy (non-hydrogen) atoms. The average molecular weight is 493 g/mol. The lowest BCUT2D eigenvalue weighted by Gasteiger charge is -2.39. The van der Waals surface area contributed by atoms with Crippen molar-refractivity contribution in [1.82, 2.24) is 4.90 Å². The highest BCUT2D eigenvalue weighted by Crippen LogP contribution is 2.39. The molecule has 1 fully saturated rings. The number of halogens is 2. The largest absolute Gasteiger partial charge is 0.507 e. The van der Waals surface area contributed by atoms with Crippen LogP contribution in [0.15, 0.2) is 30.3 Å². The molecule has 3 rings (SSSR count). The minimum absolute atomic E-state index is 0. The summed E-state index contributed by atoms with van der Waals surface area (Å²) in [5.74, 6) is 1.16. The molecule has 1 aliphatic rings. The summed E-state index contributed by atoms with van der Waals surface area (Å²) in [5, 5.41) is 12.2. The van der Waals surface area contributed by atoms with E-state index in [9.17, 15) is 5.11 Å². The highest BCUT2D eigenvalue weighted by molar-refractivity contribution is 6.31. The second-order valence-corrected chi connectivity index (χ2v) is 12.2. The Morgan fingerprint density at radius 2 is 1.61 bits per heavy atom. The second-order valence-electron chi connectivity index (χ2n) is 11.8. The Balaban J connectivity index is 0.00000385. The fourth-order valence-corrected chi connectivity index (χ4v) is 4.86. The van der Waals surface area contributed by atoms with Crippen LogP contribution in [0, 0.1) is 12.8 Å². The van der Waals surface area contributed by atoms with E-state index in [-0.39, 0.29) is 23.4 Å². The van der Waals surface area contributed by atoms with Crippen LogP contribution in [0.5, 0.6) is 5.75 Å². The number of aromatic hydroxyl groups is 1. The van der Waals surface area contributed by atoms with Crippen molar-refractivity contribution in [3.05, 3.63) is 52.0 Å². The summed E-state index contributed by atoms with van der Waals surface area (Å²) < 4.78 is 0. The van der Waals surface area contributed by atoms with Gasteiger partial charge >= 0.3 is 0 Å². The molecule has 0 aromatic heterocycles. The maximum atomic E-state index is 11.5. The van der Waals surface area contributed by atoms with Crippen molar-refractivity contribution in [3.8, 4) is 16.9 Å². The molecule has 2 aromatic carbocycles. The summed E-state index contributed by atoms with van der Waals surface area (Å²) in [6.45, 7) is 17.5. The van der Waals surface area contributed by atoms with E-state index in [0.717, 1.165) is 46.3 Å². The van der Waals surface area contributed by atoms with Gasteiger partial charge in [0.05, 0.1) is 0 Å². The number of phenolic OH excluding ortho intramolecular Hbond substituents is 1. The monoisotopic (exact) mass is 491 g/mol. The van der Waals surface area contributed by atoms with Crippen molar-refractivity contribution in [3.63, 3.8) is 0 Å². The van der Waals surface area contributed by atoms with Gasteiger partial charge in [-0.3, -0.25) is 4.90 Å². The Bertz CT molecular complexity index is 934. The summed E-state index contributed by atoms with van der Waals surface area (Å²) in [7, 11) is 0. The lowest BCUT2D eigenvalue weighted by atomic mass is 9.83. The molecule has 0 radical (unpaired) electrons. The van der Waals surface area contributed by atoms with Crippen LogP contribution in [-0.4, -0.2) is 22.1 Å². The van der Waals surface area contributed by atoms with Crippen molar-refractivity contribution in [1.29, 1.82) is 0 Å². The normalized spacial score (nSPS) is 15.5. The van der Waals surface area contributed by atoms with E-state index in [0.29, 0.717) is 5.75 Å². The third kappa shape index (κ3) is 7.13. The molecule has 0 saturated heterocycles. The molecule has 2 aromatic rings. The van der Waals surface area contributed by atoms with E-state index in [1.54, 1.807) is 0 Å². The van der Waals surface area contributed by atoms with Crippen molar-refractivity contribution in [2.24, 2.45) is 5.92 Å². The topological polar surface area (TPSA) is 23.5 Å². The number of benzene rings is 2. The van der Waals surface area contributed by atoms with E-state index in [2.05, 4.69) is 64.6 Å². The fourth-order valence-electron chi connectivity index (χ4n) is 4.74. The summed E-state index contributed by atoms with van der Waals surface area (Å²) in [4.78, 5) is 2.57. The molecule has 1 aliphatic carbocycles. The van der Waals surface area contributed by atoms with Gasteiger partial charge in [0.15, 0.2) is 0 Å². The molecule has 0 aliphatic heterocycles. The minimum atomic E-state index is -0.00535. The Morgan fingerprint density at radius 3 is 2.15 bits per heavy atom. The van der Waals surface area contributed by atoms with Crippen molar-refractivity contribution in [2.75, 3.05) is 6.54 Å². The first-order valence-electron chi connectivity index (χ1n) is 12.2. The van der Waals surface area contributed by atoms with Crippen LogP contribution in [0.4, 0.5) is 0 Å². The van der Waals surface area contributed by atoms with Gasteiger partial charge in [0, 0.05) is 34.8 Å². The van der Waals surface area contributed by atoms with Gasteiger partial charge in [-0.15, -0.1) is 12.4 Å². The first-order chi connectivity index (χ1) is 14.9. The van der Waals surface area contributed by atoms with Crippen LogP contribution < -0.4 is 0 Å². The Hall–Kier alpha value is -1.22. The SMILES string of the molecule is Cc1cc(-c2cc(C(C)(C)C)cc(CN(CC3CCCCC3)C(C)(C)C)c2O)ccc1Cl.Cl. The first kappa shape index (κ1) is 28.0. The smallest absolute Gasteiger partial charge is 0.127 e. The summed E-state index contributed by atoms with van der Waals surface area (Å²) in [5.41, 5.74) is 5.25.